The Morgan fingerprint density at radius 2 is 1.82 bits per heavy atom. The molecule has 0 spiro atoms. The minimum absolute atomic E-state index is 0.227. The standard InChI is InChI=1S/C15H23NO/c1-15(2,16)12-11-14(17)10-6-9-13-7-4-3-5-8-13/h3-5,7-8H,6,9-12,16H2,1-2H3. The van der Waals surface area contributed by atoms with Crippen molar-refractivity contribution in [2.45, 2.75) is 51.5 Å². The number of rotatable bonds is 7. The van der Waals surface area contributed by atoms with E-state index in [1.807, 2.05) is 32.0 Å². The number of ketones is 1. The molecule has 17 heavy (non-hydrogen) atoms. The third kappa shape index (κ3) is 6.90. The maximum atomic E-state index is 11.6. The number of carbonyl (C=O) groups is 1. The van der Waals surface area contributed by atoms with E-state index in [1.165, 1.54) is 5.56 Å². The van der Waals surface area contributed by atoms with Crippen LogP contribution in [0.1, 0.15) is 45.1 Å². The molecule has 0 fully saturated rings. The monoisotopic (exact) mass is 233 g/mol. The Hall–Kier alpha value is -1.15. The van der Waals surface area contributed by atoms with Gasteiger partial charge in [0.25, 0.3) is 0 Å². The predicted octanol–water partition coefficient (Wildman–Crippen LogP) is 3.10. The summed E-state index contributed by atoms with van der Waals surface area (Å²) in [6, 6.07) is 10.3. The third-order valence-corrected chi connectivity index (χ3v) is 2.81. The Balaban J connectivity index is 2.17. The van der Waals surface area contributed by atoms with Crippen molar-refractivity contribution < 1.29 is 4.79 Å². The minimum atomic E-state index is -0.227. The maximum Gasteiger partial charge on any atom is 0.132 e. The smallest absolute Gasteiger partial charge is 0.132 e. The van der Waals surface area contributed by atoms with Gasteiger partial charge >= 0.3 is 0 Å². The van der Waals surface area contributed by atoms with Crippen LogP contribution in [0.25, 0.3) is 0 Å². The second kappa shape index (κ2) is 6.55. The lowest BCUT2D eigenvalue weighted by molar-refractivity contribution is -0.119. The van der Waals surface area contributed by atoms with Gasteiger partial charge in [-0.2, -0.15) is 0 Å². The second-order valence-electron chi connectivity index (χ2n) is 5.37. The van der Waals surface area contributed by atoms with Crippen molar-refractivity contribution in [1.29, 1.82) is 0 Å². The molecule has 0 bridgehead atoms. The highest BCUT2D eigenvalue weighted by Crippen LogP contribution is 2.11. The molecule has 0 aliphatic rings. The zero-order chi connectivity index (χ0) is 12.7. The van der Waals surface area contributed by atoms with Gasteiger partial charge in [0.05, 0.1) is 0 Å². The third-order valence-electron chi connectivity index (χ3n) is 2.81. The number of Topliss-reactive ketones (excluding diaryl/α,β-unsaturated/α-hetero) is 1. The number of benzene rings is 1. The van der Waals surface area contributed by atoms with Crippen LogP contribution in [0.2, 0.25) is 0 Å². The van der Waals surface area contributed by atoms with Gasteiger partial charge in [0.1, 0.15) is 5.78 Å². The van der Waals surface area contributed by atoms with Gasteiger partial charge < -0.3 is 5.73 Å². The van der Waals surface area contributed by atoms with E-state index >= 15 is 0 Å². The van der Waals surface area contributed by atoms with Crippen LogP contribution in [0.15, 0.2) is 30.3 Å². The summed E-state index contributed by atoms with van der Waals surface area (Å²) >= 11 is 0. The van der Waals surface area contributed by atoms with Crippen LogP contribution in [0.3, 0.4) is 0 Å². The molecular formula is C15H23NO. The highest BCUT2D eigenvalue weighted by Gasteiger charge is 2.12. The lowest BCUT2D eigenvalue weighted by atomic mass is 9.96. The summed E-state index contributed by atoms with van der Waals surface area (Å²) in [7, 11) is 0. The fourth-order valence-electron chi connectivity index (χ4n) is 1.72. The van der Waals surface area contributed by atoms with Gasteiger partial charge in [-0.05, 0) is 38.7 Å². The normalized spacial score (nSPS) is 11.5. The van der Waals surface area contributed by atoms with Gasteiger partial charge in [-0.15, -0.1) is 0 Å². The molecule has 0 aliphatic carbocycles. The minimum Gasteiger partial charge on any atom is -0.326 e. The zero-order valence-corrected chi connectivity index (χ0v) is 10.9. The Bertz CT molecular complexity index is 338. The summed E-state index contributed by atoms with van der Waals surface area (Å²) in [6.07, 6.45) is 3.98. The molecule has 0 atom stereocenters. The van der Waals surface area contributed by atoms with E-state index in [0.717, 1.165) is 19.3 Å². The van der Waals surface area contributed by atoms with Crippen molar-refractivity contribution in [3.05, 3.63) is 35.9 Å². The zero-order valence-electron chi connectivity index (χ0n) is 10.9. The molecule has 2 heteroatoms. The number of hydrogen-bond acceptors (Lipinski definition) is 2. The van der Waals surface area contributed by atoms with Crippen LogP contribution < -0.4 is 5.73 Å². The average Bonchev–Trinajstić information content (AvgIpc) is 2.27. The fraction of sp³-hybridized carbons (Fsp3) is 0.533. The van der Waals surface area contributed by atoms with E-state index in [2.05, 4.69) is 12.1 Å². The Labute approximate surface area is 104 Å². The average molecular weight is 233 g/mol. The molecule has 0 saturated carbocycles. The lowest BCUT2D eigenvalue weighted by Gasteiger charge is -2.17. The molecule has 0 aromatic heterocycles. The number of nitrogens with two attached hydrogens (primary N) is 1. The molecule has 2 N–H and O–H groups in total. The summed E-state index contributed by atoms with van der Waals surface area (Å²) in [5, 5.41) is 0. The van der Waals surface area contributed by atoms with E-state index in [4.69, 9.17) is 5.73 Å². The lowest BCUT2D eigenvalue weighted by Crippen LogP contribution is -2.32. The first-order chi connectivity index (χ1) is 7.97. The van der Waals surface area contributed by atoms with E-state index in [1.54, 1.807) is 0 Å². The summed E-state index contributed by atoms with van der Waals surface area (Å²) in [5.41, 5.74) is 6.93. The SMILES string of the molecule is CC(C)(N)CCC(=O)CCCc1ccccc1. The largest absolute Gasteiger partial charge is 0.326 e. The summed E-state index contributed by atoms with van der Waals surface area (Å²) < 4.78 is 0. The van der Waals surface area contributed by atoms with Crippen molar-refractivity contribution in [2.75, 3.05) is 0 Å². The maximum absolute atomic E-state index is 11.6. The van der Waals surface area contributed by atoms with E-state index in [9.17, 15) is 4.79 Å². The topological polar surface area (TPSA) is 43.1 Å². The van der Waals surface area contributed by atoms with Crippen molar-refractivity contribution >= 4 is 5.78 Å². The summed E-state index contributed by atoms with van der Waals surface area (Å²) in [4.78, 5) is 11.6. The predicted molar refractivity (Wildman–Crippen MR) is 71.9 cm³/mol. The van der Waals surface area contributed by atoms with Crippen LogP contribution in [-0.4, -0.2) is 11.3 Å². The highest BCUT2D eigenvalue weighted by atomic mass is 16.1. The van der Waals surface area contributed by atoms with Crippen LogP contribution in [-0.2, 0) is 11.2 Å². The first-order valence-corrected chi connectivity index (χ1v) is 6.32. The number of aryl methyl sites for hydroxylation is 1. The van der Waals surface area contributed by atoms with Crippen LogP contribution in [0.4, 0.5) is 0 Å². The summed E-state index contributed by atoms with van der Waals surface area (Å²) in [5.74, 6) is 0.333. The molecule has 0 radical (unpaired) electrons. The molecule has 2 nitrogen and oxygen atoms in total. The number of carbonyl (C=O) groups excluding carboxylic acids is 1. The molecule has 0 aliphatic heterocycles. The Morgan fingerprint density at radius 3 is 2.41 bits per heavy atom. The Kier molecular flexibility index (Phi) is 5.36. The van der Waals surface area contributed by atoms with E-state index < -0.39 is 0 Å². The van der Waals surface area contributed by atoms with Gasteiger partial charge in [-0.25, -0.2) is 0 Å². The molecular weight excluding hydrogens is 210 g/mol. The van der Waals surface area contributed by atoms with E-state index in [-0.39, 0.29) is 5.54 Å². The van der Waals surface area contributed by atoms with Crippen LogP contribution in [0.5, 0.6) is 0 Å². The van der Waals surface area contributed by atoms with Crippen LogP contribution >= 0.6 is 0 Å². The molecule has 1 aromatic carbocycles. The van der Waals surface area contributed by atoms with E-state index in [0.29, 0.717) is 18.6 Å². The fourth-order valence-corrected chi connectivity index (χ4v) is 1.72. The molecule has 1 aromatic rings. The Morgan fingerprint density at radius 1 is 1.18 bits per heavy atom. The quantitative estimate of drug-likeness (QED) is 0.786. The summed E-state index contributed by atoms with van der Waals surface area (Å²) in [6.45, 7) is 3.93. The second-order valence-corrected chi connectivity index (χ2v) is 5.37. The molecule has 0 saturated heterocycles. The molecule has 1 rings (SSSR count). The van der Waals surface area contributed by atoms with Gasteiger partial charge in [-0.1, -0.05) is 30.3 Å². The van der Waals surface area contributed by atoms with Crippen molar-refractivity contribution in [1.82, 2.24) is 0 Å². The molecule has 0 amide bonds. The first-order valence-electron chi connectivity index (χ1n) is 6.32. The number of hydrogen-bond donors (Lipinski definition) is 1. The van der Waals surface area contributed by atoms with Gasteiger partial charge in [-0.3, -0.25) is 4.79 Å². The van der Waals surface area contributed by atoms with Crippen molar-refractivity contribution in [3.63, 3.8) is 0 Å². The molecule has 0 heterocycles. The van der Waals surface area contributed by atoms with Crippen molar-refractivity contribution in [3.8, 4) is 0 Å². The van der Waals surface area contributed by atoms with Crippen molar-refractivity contribution in [2.24, 2.45) is 5.73 Å². The van der Waals surface area contributed by atoms with Crippen LogP contribution in [0, 0.1) is 0 Å². The van der Waals surface area contributed by atoms with Gasteiger partial charge in [0, 0.05) is 18.4 Å². The molecule has 94 valence electrons. The van der Waals surface area contributed by atoms with Gasteiger partial charge in [0.15, 0.2) is 0 Å². The molecule has 0 unspecified atom stereocenters. The first kappa shape index (κ1) is 13.9. The van der Waals surface area contributed by atoms with Gasteiger partial charge in [0.2, 0.25) is 0 Å². The highest BCUT2D eigenvalue weighted by molar-refractivity contribution is 5.78.